The SMILES string of the molecule is CCCCc1ccc(Br)cc1C(C)=O. The summed E-state index contributed by atoms with van der Waals surface area (Å²) in [5.74, 6) is 0.150. The number of Topliss-reactive ketones (excluding diaryl/α,β-unsaturated/α-hetero) is 1. The highest BCUT2D eigenvalue weighted by molar-refractivity contribution is 9.10. The summed E-state index contributed by atoms with van der Waals surface area (Å²) in [6.45, 7) is 3.78. The monoisotopic (exact) mass is 254 g/mol. The summed E-state index contributed by atoms with van der Waals surface area (Å²) in [5, 5.41) is 0. The maximum atomic E-state index is 11.4. The first-order valence-electron chi connectivity index (χ1n) is 4.94. The van der Waals surface area contributed by atoms with Gasteiger partial charge in [0, 0.05) is 10.0 Å². The topological polar surface area (TPSA) is 17.1 Å². The quantitative estimate of drug-likeness (QED) is 0.743. The molecule has 1 aromatic rings. The minimum absolute atomic E-state index is 0.150. The summed E-state index contributed by atoms with van der Waals surface area (Å²) in [6, 6.07) is 5.95. The predicted molar refractivity (Wildman–Crippen MR) is 62.8 cm³/mol. The molecule has 0 aliphatic rings. The van der Waals surface area contributed by atoms with Crippen LogP contribution in [0.3, 0.4) is 0 Å². The molecule has 0 saturated carbocycles. The number of carbonyl (C=O) groups excluding carboxylic acids is 1. The minimum Gasteiger partial charge on any atom is -0.295 e. The van der Waals surface area contributed by atoms with Crippen LogP contribution in [-0.2, 0) is 6.42 Å². The van der Waals surface area contributed by atoms with Gasteiger partial charge in [0.15, 0.2) is 5.78 Å². The molecule has 2 heteroatoms. The predicted octanol–water partition coefficient (Wildman–Crippen LogP) is 3.99. The Labute approximate surface area is 93.7 Å². The molecule has 0 aromatic heterocycles. The highest BCUT2D eigenvalue weighted by atomic mass is 79.9. The molecule has 0 bridgehead atoms. The number of aryl methyl sites for hydroxylation is 1. The number of rotatable bonds is 4. The number of hydrogen-bond donors (Lipinski definition) is 0. The van der Waals surface area contributed by atoms with Crippen molar-refractivity contribution in [1.29, 1.82) is 0 Å². The van der Waals surface area contributed by atoms with E-state index in [1.165, 1.54) is 5.56 Å². The van der Waals surface area contributed by atoms with Crippen LogP contribution < -0.4 is 0 Å². The normalized spacial score (nSPS) is 10.2. The van der Waals surface area contributed by atoms with Gasteiger partial charge in [0.1, 0.15) is 0 Å². The Morgan fingerprint density at radius 2 is 2.14 bits per heavy atom. The Morgan fingerprint density at radius 1 is 1.43 bits per heavy atom. The molecule has 0 unspecified atom stereocenters. The van der Waals surface area contributed by atoms with Gasteiger partial charge in [-0.05, 0) is 37.5 Å². The van der Waals surface area contributed by atoms with Crippen molar-refractivity contribution in [2.45, 2.75) is 33.1 Å². The van der Waals surface area contributed by atoms with Gasteiger partial charge in [-0.2, -0.15) is 0 Å². The molecule has 0 spiro atoms. The molecule has 0 N–H and O–H groups in total. The number of unbranched alkanes of at least 4 members (excludes halogenated alkanes) is 1. The van der Waals surface area contributed by atoms with Gasteiger partial charge in [-0.3, -0.25) is 4.79 Å². The van der Waals surface area contributed by atoms with E-state index in [0.29, 0.717) is 0 Å². The van der Waals surface area contributed by atoms with Gasteiger partial charge in [-0.1, -0.05) is 35.3 Å². The van der Waals surface area contributed by atoms with E-state index in [-0.39, 0.29) is 5.78 Å². The molecule has 0 aliphatic heterocycles. The van der Waals surface area contributed by atoms with E-state index in [1.807, 2.05) is 18.2 Å². The summed E-state index contributed by atoms with van der Waals surface area (Å²) < 4.78 is 0.975. The summed E-state index contributed by atoms with van der Waals surface area (Å²) in [6.07, 6.45) is 3.30. The number of halogens is 1. The molecular formula is C12H15BrO. The van der Waals surface area contributed by atoms with Crippen molar-refractivity contribution in [3.8, 4) is 0 Å². The molecule has 0 saturated heterocycles. The second-order valence-electron chi connectivity index (χ2n) is 3.46. The second kappa shape index (κ2) is 5.30. The van der Waals surface area contributed by atoms with Crippen molar-refractivity contribution in [2.75, 3.05) is 0 Å². The highest BCUT2D eigenvalue weighted by Crippen LogP contribution is 2.19. The standard InChI is InChI=1S/C12H15BrO/c1-3-4-5-10-6-7-11(13)8-12(10)9(2)14/h6-8H,3-5H2,1-2H3. The Balaban J connectivity index is 2.96. The van der Waals surface area contributed by atoms with Crippen LogP contribution >= 0.6 is 15.9 Å². The maximum absolute atomic E-state index is 11.4. The Bertz CT molecular complexity index is 331. The van der Waals surface area contributed by atoms with Gasteiger partial charge in [-0.15, -0.1) is 0 Å². The van der Waals surface area contributed by atoms with Crippen LogP contribution in [0, 0.1) is 0 Å². The fourth-order valence-electron chi connectivity index (χ4n) is 1.46. The largest absolute Gasteiger partial charge is 0.295 e. The van der Waals surface area contributed by atoms with E-state index < -0.39 is 0 Å². The van der Waals surface area contributed by atoms with Crippen molar-refractivity contribution in [2.24, 2.45) is 0 Å². The fourth-order valence-corrected chi connectivity index (χ4v) is 1.82. The molecule has 0 radical (unpaired) electrons. The molecule has 1 nitrogen and oxygen atoms in total. The van der Waals surface area contributed by atoms with Crippen molar-refractivity contribution < 1.29 is 4.79 Å². The first-order valence-corrected chi connectivity index (χ1v) is 5.73. The van der Waals surface area contributed by atoms with E-state index in [9.17, 15) is 4.79 Å². The molecular weight excluding hydrogens is 240 g/mol. The van der Waals surface area contributed by atoms with Gasteiger partial charge in [0.05, 0.1) is 0 Å². The molecule has 0 atom stereocenters. The third-order valence-corrected chi connectivity index (χ3v) is 2.74. The van der Waals surface area contributed by atoms with Gasteiger partial charge in [0.25, 0.3) is 0 Å². The zero-order valence-corrected chi connectivity index (χ0v) is 10.2. The van der Waals surface area contributed by atoms with E-state index in [2.05, 4.69) is 22.9 Å². The van der Waals surface area contributed by atoms with Crippen LogP contribution in [0.25, 0.3) is 0 Å². The molecule has 0 heterocycles. The van der Waals surface area contributed by atoms with Crippen LogP contribution in [0.1, 0.15) is 42.6 Å². The zero-order chi connectivity index (χ0) is 10.6. The van der Waals surface area contributed by atoms with Crippen LogP contribution in [0.4, 0.5) is 0 Å². The van der Waals surface area contributed by atoms with E-state index in [1.54, 1.807) is 6.92 Å². The van der Waals surface area contributed by atoms with E-state index >= 15 is 0 Å². The Hall–Kier alpha value is -0.630. The van der Waals surface area contributed by atoms with E-state index in [4.69, 9.17) is 0 Å². The zero-order valence-electron chi connectivity index (χ0n) is 8.64. The molecule has 0 fully saturated rings. The molecule has 14 heavy (non-hydrogen) atoms. The first kappa shape index (κ1) is 11.4. The molecule has 1 aromatic carbocycles. The molecule has 76 valence electrons. The molecule has 0 amide bonds. The van der Waals surface area contributed by atoms with Crippen LogP contribution in [0.2, 0.25) is 0 Å². The van der Waals surface area contributed by atoms with E-state index in [0.717, 1.165) is 29.3 Å². The average molecular weight is 255 g/mol. The average Bonchev–Trinajstić information content (AvgIpc) is 2.15. The van der Waals surface area contributed by atoms with Crippen molar-refractivity contribution in [3.05, 3.63) is 33.8 Å². The van der Waals surface area contributed by atoms with Gasteiger partial charge >= 0.3 is 0 Å². The van der Waals surface area contributed by atoms with Gasteiger partial charge in [0.2, 0.25) is 0 Å². The van der Waals surface area contributed by atoms with Crippen molar-refractivity contribution in [1.82, 2.24) is 0 Å². The second-order valence-corrected chi connectivity index (χ2v) is 4.38. The number of benzene rings is 1. The molecule has 0 aliphatic carbocycles. The van der Waals surface area contributed by atoms with Crippen LogP contribution in [0.5, 0.6) is 0 Å². The van der Waals surface area contributed by atoms with Crippen LogP contribution in [0.15, 0.2) is 22.7 Å². The number of carbonyl (C=O) groups is 1. The fraction of sp³-hybridized carbons (Fsp3) is 0.417. The third kappa shape index (κ3) is 2.95. The lowest BCUT2D eigenvalue weighted by Crippen LogP contribution is -1.99. The number of hydrogen-bond acceptors (Lipinski definition) is 1. The highest BCUT2D eigenvalue weighted by Gasteiger charge is 2.06. The Morgan fingerprint density at radius 3 is 2.71 bits per heavy atom. The maximum Gasteiger partial charge on any atom is 0.160 e. The van der Waals surface area contributed by atoms with Crippen molar-refractivity contribution in [3.63, 3.8) is 0 Å². The summed E-state index contributed by atoms with van der Waals surface area (Å²) in [4.78, 5) is 11.4. The lowest BCUT2D eigenvalue weighted by Gasteiger charge is -2.06. The first-order chi connectivity index (χ1) is 6.65. The molecule has 1 rings (SSSR count). The number of ketones is 1. The Kier molecular flexibility index (Phi) is 4.33. The lowest BCUT2D eigenvalue weighted by atomic mass is 10.00. The third-order valence-electron chi connectivity index (χ3n) is 2.25. The van der Waals surface area contributed by atoms with Crippen LogP contribution in [-0.4, -0.2) is 5.78 Å². The minimum atomic E-state index is 0.150. The smallest absolute Gasteiger partial charge is 0.160 e. The van der Waals surface area contributed by atoms with Gasteiger partial charge in [-0.25, -0.2) is 0 Å². The summed E-state index contributed by atoms with van der Waals surface area (Å²) in [5.41, 5.74) is 2.02. The van der Waals surface area contributed by atoms with Crippen molar-refractivity contribution >= 4 is 21.7 Å². The lowest BCUT2D eigenvalue weighted by molar-refractivity contribution is 0.101. The van der Waals surface area contributed by atoms with Gasteiger partial charge < -0.3 is 0 Å². The summed E-state index contributed by atoms with van der Waals surface area (Å²) >= 11 is 3.38. The summed E-state index contributed by atoms with van der Waals surface area (Å²) in [7, 11) is 0.